The van der Waals surface area contributed by atoms with Crippen molar-refractivity contribution in [1.82, 2.24) is 24.6 Å². The first-order chi connectivity index (χ1) is 15.0. The van der Waals surface area contributed by atoms with Crippen molar-refractivity contribution in [3.8, 4) is 5.75 Å². The Hall–Kier alpha value is -3.65. The summed E-state index contributed by atoms with van der Waals surface area (Å²) in [5.41, 5.74) is 1.70. The number of nitrogens with one attached hydrogen (secondary N) is 1. The van der Waals surface area contributed by atoms with E-state index in [2.05, 4.69) is 15.4 Å². The molecule has 0 atom stereocenters. The fourth-order valence-electron chi connectivity index (χ4n) is 3.25. The van der Waals surface area contributed by atoms with E-state index in [1.165, 1.54) is 17.1 Å². The molecule has 2 aromatic carbocycles. The van der Waals surface area contributed by atoms with E-state index in [1.807, 2.05) is 18.2 Å². The maximum Gasteiger partial charge on any atom is 0.264 e. The molecule has 2 aromatic heterocycles. The lowest BCUT2D eigenvalue weighted by molar-refractivity contribution is 0.0951. The van der Waals surface area contributed by atoms with Crippen LogP contribution in [0.2, 0.25) is 5.02 Å². The fraction of sp³-hybridized carbons (Fsp3) is 0.182. The number of carbonyl (C=O) groups is 1. The number of nitrogens with zero attached hydrogens (tertiary/aromatic N) is 4. The summed E-state index contributed by atoms with van der Waals surface area (Å²) in [6, 6.07) is 14.3. The van der Waals surface area contributed by atoms with Crippen molar-refractivity contribution in [2.75, 3.05) is 13.7 Å². The predicted molar refractivity (Wildman–Crippen MR) is 118 cm³/mol. The van der Waals surface area contributed by atoms with Crippen molar-refractivity contribution in [3.63, 3.8) is 0 Å². The number of carbonyl (C=O) groups excluding carboxylic acids is 1. The largest absolute Gasteiger partial charge is 0.497 e. The minimum atomic E-state index is -0.216. The van der Waals surface area contributed by atoms with Crippen molar-refractivity contribution in [2.45, 2.75) is 13.1 Å². The predicted octanol–water partition coefficient (Wildman–Crippen LogP) is 2.73. The minimum Gasteiger partial charge on any atom is -0.497 e. The number of halogens is 1. The summed E-state index contributed by atoms with van der Waals surface area (Å²) < 4.78 is 8.26. The highest BCUT2D eigenvalue weighted by molar-refractivity contribution is 6.30. The molecule has 1 amide bonds. The number of aromatic nitrogens is 4. The number of benzene rings is 2. The first-order valence-electron chi connectivity index (χ1n) is 9.63. The first-order valence-corrected chi connectivity index (χ1v) is 10.0. The van der Waals surface area contributed by atoms with Crippen LogP contribution in [0.1, 0.15) is 15.9 Å². The number of ether oxygens (including phenoxy) is 1. The third-order valence-corrected chi connectivity index (χ3v) is 5.04. The Morgan fingerprint density at radius 1 is 1.19 bits per heavy atom. The molecule has 31 heavy (non-hydrogen) atoms. The SMILES string of the molecule is COc1cccc(C(=O)NCCn2ncc3c(=O)n(Cc4cccc(Cl)c4)cnc32)c1. The molecule has 0 aliphatic rings. The van der Waals surface area contributed by atoms with Crippen LogP contribution in [-0.2, 0) is 13.1 Å². The second kappa shape index (κ2) is 9.01. The zero-order valence-electron chi connectivity index (χ0n) is 16.8. The topological polar surface area (TPSA) is 91.0 Å². The average molecular weight is 438 g/mol. The van der Waals surface area contributed by atoms with E-state index in [4.69, 9.17) is 16.3 Å². The molecule has 8 nitrogen and oxygen atoms in total. The van der Waals surface area contributed by atoms with E-state index < -0.39 is 0 Å². The zero-order valence-corrected chi connectivity index (χ0v) is 17.5. The van der Waals surface area contributed by atoms with Gasteiger partial charge in [0.05, 0.1) is 26.4 Å². The van der Waals surface area contributed by atoms with E-state index in [9.17, 15) is 9.59 Å². The molecule has 9 heteroatoms. The average Bonchev–Trinajstić information content (AvgIpc) is 3.19. The van der Waals surface area contributed by atoms with Gasteiger partial charge < -0.3 is 10.1 Å². The van der Waals surface area contributed by atoms with Gasteiger partial charge in [0.25, 0.3) is 11.5 Å². The Morgan fingerprint density at radius 2 is 2.03 bits per heavy atom. The molecule has 0 radical (unpaired) electrons. The number of hydrogen-bond donors (Lipinski definition) is 1. The highest BCUT2D eigenvalue weighted by Crippen LogP contribution is 2.13. The molecule has 0 bridgehead atoms. The van der Waals surface area contributed by atoms with E-state index in [0.717, 1.165) is 5.56 Å². The maximum atomic E-state index is 12.8. The van der Waals surface area contributed by atoms with Gasteiger partial charge >= 0.3 is 0 Å². The van der Waals surface area contributed by atoms with Crippen LogP contribution in [0.3, 0.4) is 0 Å². The monoisotopic (exact) mass is 437 g/mol. The van der Waals surface area contributed by atoms with E-state index in [1.54, 1.807) is 42.1 Å². The summed E-state index contributed by atoms with van der Waals surface area (Å²) in [5.74, 6) is 0.399. The highest BCUT2D eigenvalue weighted by atomic mass is 35.5. The molecule has 0 fully saturated rings. The molecule has 4 aromatic rings. The highest BCUT2D eigenvalue weighted by Gasteiger charge is 2.11. The Bertz CT molecular complexity index is 1300. The molecule has 0 aliphatic carbocycles. The molecule has 1 N–H and O–H groups in total. The molecule has 4 rings (SSSR count). The fourth-order valence-corrected chi connectivity index (χ4v) is 3.46. The number of hydrogen-bond acceptors (Lipinski definition) is 5. The van der Waals surface area contributed by atoms with Crippen molar-refractivity contribution >= 4 is 28.5 Å². The van der Waals surface area contributed by atoms with Gasteiger partial charge in [-0.25, -0.2) is 9.67 Å². The third-order valence-electron chi connectivity index (χ3n) is 4.81. The number of rotatable bonds is 7. The van der Waals surface area contributed by atoms with Gasteiger partial charge in [0, 0.05) is 17.1 Å². The van der Waals surface area contributed by atoms with E-state index in [-0.39, 0.29) is 11.5 Å². The lowest BCUT2D eigenvalue weighted by Gasteiger charge is -2.08. The molecular weight excluding hydrogens is 418 g/mol. The van der Waals surface area contributed by atoms with Gasteiger partial charge in [-0.1, -0.05) is 29.8 Å². The van der Waals surface area contributed by atoms with Crippen LogP contribution in [0.15, 0.2) is 65.8 Å². The summed E-state index contributed by atoms with van der Waals surface area (Å²) in [4.78, 5) is 29.5. The molecule has 0 saturated heterocycles. The Labute approximate surface area is 183 Å². The molecule has 0 unspecified atom stereocenters. The number of methoxy groups -OCH3 is 1. The van der Waals surface area contributed by atoms with Gasteiger partial charge in [0.2, 0.25) is 0 Å². The van der Waals surface area contributed by atoms with E-state index in [0.29, 0.717) is 47.0 Å². The quantitative estimate of drug-likeness (QED) is 0.480. The summed E-state index contributed by atoms with van der Waals surface area (Å²) in [6.07, 6.45) is 3.00. The van der Waals surface area contributed by atoms with Crippen molar-refractivity contribution in [1.29, 1.82) is 0 Å². The van der Waals surface area contributed by atoms with Crippen LogP contribution >= 0.6 is 11.6 Å². The number of fused-ring (bicyclic) bond motifs is 1. The maximum absolute atomic E-state index is 12.8. The van der Waals surface area contributed by atoms with Crippen LogP contribution in [0.25, 0.3) is 11.0 Å². The molecule has 0 saturated carbocycles. The second-order valence-corrected chi connectivity index (χ2v) is 7.34. The van der Waals surface area contributed by atoms with Crippen molar-refractivity contribution in [3.05, 3.63) is 87.6 Å². The Morgan fingerprint density at radius 3 is 2.84 bits per heavy atom. The Balaban J connectivity index is 1.45. The van der Waals surface area contributed by atoms with Crippen LogP contribution in [0, 0.1) is 0 Å². The molecular formula is C22H20ClN5O3. The van der Waals surface area contributed by atoms with Gasteiger partial charge in [-0.2, -0.15) is 5.10 Å². The van der Waals surface area contributed by atoms with Crippen molar-refractivity contribution in [2.24, 2.45) is 0 Å². The van der Waals surface area contributed by atoms with Crippen molar-refractivity contribution < 1.29 is 9.53 Å². The summed E-state index contributed by atoms with van der Waals surface area (Å²) in [6.45, 7) is 1.08. The van der Waals surface area contributed by atoms with Gasteiger partial charge in [-0.05, 0) is 35.9 Å². The summed E-state index contributed by atoms with van der Waals surface area (Å²) in [7, 11) is 1.55. The summed E-state index contributed by atoms with van der Waals surface area (Å²) >= 11 is 6.02. The zero-order chi connectivity index (χ0) is 21.8. The minimum absolute atomic E-state index is 0.184. The number of amides is 1. The molecule has 158 valence electrons. The molecule has 0 aliphatic heterocycles. The lowest BCUT2D eigenvalue weighted by atomic mass is 10.2. The van der Waals surface area contributed by atoms with Gasteiger partial charge in [0.15, 0.2) is 5.65 Å². The molecule has 0 spiro atoms. The molecule has 2 heterocycles. The van der Waals surface area contributed by atoms with E-state index >= 15 is 0 Å². The van der Waals surface area contributed by atoms with Crippen LogP contribution in [0.5, 0.6) is 5.75 Å². The lowest BCUT2D eigenvalue weighted by Crippen LogP contribution is -2.27. The van der Waals surface area contributed by atoms with Gasteiger partial charge in [0.1, 0.15) is 17.5 Å². The smallest absolute Gasteiger partial charge is 0.264 e. The normalized spacial score (nSPS) is 10.9. The van der Waals surface area contributed by atoms with Crippen LogP contribution in [0.4, 0.5) is 0 Å². The van der Waals surface area contributed by atoms with Crippen LogP contribution < -0.4 is 15.6 Å². The Kier molecular flexibility index (Phi) is 5.99. The third kappa shape index (κ3) is 4.59. The summed E-state index contributed by atoms with van der Waals surface area (Å²) in [5, 5.41) is 8.14. The van der Waals surface area contributed by atoms with Crippen LogP contribution in [-0.4, -0.2) is 38.9 Å². The van der Waals surface area contributed by atoms with Gasteiger partial charge in [-0.15, -0.1) is 0 Å². The first kappa shape index (κ1) is 20.6. The van der Waals surface area contributed by atoms with Gasteiger partial charge in [-0.3, -0.25) is 14.2 Å². The standard InChI is InChI=1S/C22H20ClN5O3/c1-31-18-7-3-5-16(11-18)21(29)24-8-9-28-20-19(12-26-28)22(30)27(14-25-20)13-15-4-2-6-17(23)10-15/h2-7,10-12,14H,8-9,13H2,1H3,(H,24,29). The second-order valence-electron chi connectivity index (χ2n) is 6.90.